The lowest BCUT2D eigenvalue weighted by Gasteiger charge is -2.71. The normalized spacial score (nSPS) is 51.5. The van der Waals surface area contributed by atoms with Crippen molar-refractivity contribution in [2.45, 2.75) is 119 Å². The Bertz CT molecular complexity index is 981. The quantitative estimate of drug-likeness (QED) is 0.313. The maximum atomic E-state index is 12.7. The van der Waals surface area contributed by atoms with Gasteiger partial charge in [-0.2, -0.15) is 0 Å². The van der Waals surface area contributed by atoms with E-state index in [-0.39, 0.29) is 56.9 Å². The molecule has 4 fully saturated rings. The number of carbonyl (C=O) groups excluding carboxylic acids is 1. The summed E-state index contributed by atoms with van der Waals surface area (Å²) in [6.07, 6.45) is 12.5. The number of ether oxygens (including phenoxy) is 1. The maximum absolute atomic E-state index is 12.7. The second kappa shape index (κ2) is 8.09. The van der Waals surface area contributed by atoms with Crippen molar-refractivity contribution in [3.05, 3.63) is 11.6 Å². The summed E-state index contributed by atoms with van der Waals surface area (Å²) in [5, 5.41) is 10.4. The minimum absolute atomic E-state index is 0.00171. The average molecular weight is 499 g/mol. The van der Waals surface area contributed by atoms with Crippen molar-refractivity contribution in [1.29, 1.82) is 0 Å². The van der Waals surface area contributed by atoms with Crippen molar-refractivity contribution in [1.82, 2.24) is 0 Å². The van der Waals surface area contributed by atoms with Gasteiger partial charge in [-0.05, 0) is 103 Å². The maximum Gasteiger partial charge on any atom is 0.307 e. The highest BCUT2D eigenvalue weighted by atomic mass is 16.5. The van der Waals surface area contributed by atoms with Gasteiger partial charge in [0, 0.05) is 12.3 Å². The van der Waals surface area contributed by atoms with Gasteiger partial charge in [0.15, 0.2) is 0 Å². The molecule has 10 unspecified atom stereocenters. The van der Waals surface area contributed by atoms with Gasteiger partial charge in [-0.15, -0.1) is 0 Å². The minimum Gasteiger partial charge on any atom is -0.481 e. The molecule has 0 spiro atoms. The van der Waals surface area contributed by atoms with E-state index >= 15 is 0 Å². The molecule has 0 radical (unpaired) electrons. The molecule has 0 bridgehead atoms. The second-order valence-corrected chi connectivity index (χ2v) is 15.3. The third-order valence-corrected chi connectivity index (χ3v) is 13.5. The summed E-state index contributed by atoms with van der Waals surface area (Å²) in [6, 6.07) is 0. The summed E-state index contributed by atoms with van der Waals surface area (Å²) in [6.45, 7) is 18.4. The van der Waals surface area contributed by atoms with E-state index in [0.717, 1.165) is 44.9 Å². The number of aliphatic carboxylic acids is 1. The van der Waals surface area contributed by atoms with Gasteiger partial charge in [-0.25, -0.2) is 0 Å². The van der Waals surface area contributed by atoms with Crippen LogP contribution in [-0.2, 0) is 14.3 Å². The number of hydrogen-bond acceptors (Lipinski definition) is 3. The SMILES string of the molecule is CC(=O)OC1CCC2(C)C(CCC3(C)C2CC=C2C4C(C(=O)O)C(C)CCC4(C)CCC23C)C1(C)C. The summed E-state index contributed by atoms with van der Waals surface area (Å²) >= 11 is 0. The molecule has 0 heterocycles. The molecule has 4 nitrogen and oxygen atoms in total. The summed E-state index contributed by atoms with van der Waals surface area (Å²) < 4.78 is 5.88. The van der Waals surface area contributed by atoms with Gasteiger partial charge < -0.3 is 9.84 Å². The Hall–Kier alpha value is -1.32. The molecule has 1 N–H and O–H groups in total. The van der Waals surface area contributed by atoms with Gasteiger partial charge in [0.05, 0.1) is 5.92 Å². The fourth-order valence-corrected chi connectivity index (χ4v) is 11.3. The van der Waals surface area contributed by atoms with Crippen molar-refractivity contribution in [3.8, 4) is 0 Å². The molecule has 0 saturated heterocycles. The van der Waals surface area contributed by atoms with Crippen LogP contribution >= 0.6 is 0 Å². The smallest absolute Gasteiger partial charge is 0.307 e. The minimum atomic E-state index is -0.586. The van der Waals surface area contributed by atoms with Gasteiger partial charge in [-0.3, -0.25) is 9.59 Å². The number of rotatable bonds is 2. The third-order valence-electron chi connectivity index (χ3n) is 13.5. The number of esters is 1. The van der Waals surface area contributed by atoms with Gasteiger partial charge in [-0.1, -0.05) is 60.1 Å². The molecule has 36 heavy (non-hydrogen) atoms. The number of carboxylic acids is 1. The number of carboxylic acid groups (broad SMARTS) is 1. The van der Waals surface area contributed by atoms with E-state index in [1.165, 1.54) is 18.4 Å². The van der Waals surface area contributed by atoms with Crippen LogP contribution in [0.4, 0.5) is 0 Å². The molecule has 202 valence electrons. The van der Waals surface area contributed by atoms with Crippen molar-refractivity contribution in [3.63, 3.8) is 0 Å². The molecule has 0 aliphatic heterocycles. The number of allylic oxidation sites excluding steroid dienone is 2. The van der Waals surface area contributed by atoms with E-state index in [4.69, 9.17) is 4.74 Å². The Labute approximate surface area is 219 Å². The average Bonchev–Trinajstić information content (AvgIpc) is 2.77. The molecule has 10 atom stereocenters. The molecule has 5 aliphatic carbocycles. The molecule has 0 amide bonds. The zero-order chi connectivity index (χ0) is 26.5. The highest BCUT2D eigenvalue weighted by Crippen LogP contribution is 2.75. The fraction of sp³-hybridized carbons (Fsp3) is 0.875. The molecular weight excluding hydrogens is 448 g/mol. The zero-order valence-corrected chi connectivity index (χ0v) is 24.1. The summed E-state index contributed by atoms with van der Waals surface area (Å²) in [5.41, 5.74) is 1.99. The highest BCUT2D eigenvalue weighted by molar-refractivity contribution is 5.72. The summed E-state index contributed by atoms with van der Waals surface area (Å²) in [7, 11) is 0. The van der Waals surface area contributed by atoms with Crippen LogP contribution in [0, 0.1) is 56.7 Å². The molecule has 0 aromatic carbocycles. The predicted octanol–water partition coefficient (Wildman–Crippen LogP) is 7.66. The second-order valence-electron chi connectivity index (χ2n) is 15.3. The molecular formula is C32H50O4. The summed E-state index contributed by atoms with van der Waals surface area (Å²) in [5.74, 6) is 0.488. The van der Waals surface area contributed by atoms with E-state index in [1.54, 1.807) is 6.92 Å². The summed E-state index contributed by atoms with van der Waals surface area (Å²) in [4.78, 5) is 24.5. The molecule has 5 aliphatic rings. The predicted molar refractivity (Wildman–Crippen MR) is 142 cm³/mol. The highest BCUT2D eigenvalue weighted by Gasteiger charge is 2.69. The third kappa shape index (κ3) is 3.30. The van der Waals surface area contributed by atoms with Gasteiger partial charge in [0.2, 0.25) is 0 Å². The van der Waals surface area contributed by atoms with Crippen LogP contribution in [0.15, 0.2) is 11.6 Å². The Morgan fingerprint density at radius 3 is 2.25 bits per heavy atom. The van der Waals surface area contributed by atoms with Crippen LogP contribution in [-0.4, -0.2) is 23.1 Å². The van der Waals surface area contributed by atoms with E-state index in [2.05, 4.69) is 54.5 Å². The van der Waals surface area contributed by atoms with Crippen LogP contribution in [0.3, 0.4) is 0 Å². The first-order valence-electron chi connectivity index (χ1n) is 14.7. The molecule has 0 aromatic rings. The van der Waals surface area contributed by atoms with Gasteiger partial charge >= 0.3 is 11.9 Å². The topological polar surface area (TPSA) is 63.6 Å². The Balaban J connectivity index is 1.56. The molecule has 0 aromatic heterocycles. The number of carbonyl (C=O) groups is 2. The molecule has 4 saturated carbocycles. The first kappa shape index (κ1) is 26.3. The lowest BCUT2D eigenvalue weighted by Crippen LogP contribution is -2.65. The monoisotopic (exact) mass is 498 g/mol. The molecule has 4 heteroatoms. The number of hydrogen-bond donors (Lipinski definition) is 1. The largest absolute Gasteiger partial charge is 0.481 e. The standard InChI is InChI=1S/C32H50O4/c1-19-11-14-29(5)17-18-31(7)21(26(29)25(19)27(34)35)9-10-23-30(6)15-13-24(36-20(2)33)28(3,4)22(30)12-16-32(23,31)8/h9,19,22-26H,10-18H2,1-8H3,(H,34,35). The fourth-order valence-electron chi connectivity index (χ4n) is 11.3. The van der Waals surface area contributed by atoms with Crippen LogP contribution in [0.1, 0.15) is 113 Å². The Kier molecular flexibility index (Phi) is 5.91. The first-order chi connectivity index (χ1) is 16.6. The zero-order valence-electron chi connectivity index (χ0n) is 24.1. The van der Waals surface area contributed by atoms with Crippen LogP contribution in [0.25, 0.3) is 0 Å². The van der Waals surface area contributed by atoms with Crippen molar-refractivity contribution in [2.24, 2.45) is 56.7 Å². The Morgan fingerprint density at radius 2 is 1.61 bits per heavy atom. The van der Waals surface area contributed by atoms with E-state index in [0.29, 0.717) is 11.8 Å². The van der Waals surface area contributed by atoms with Crippen LogP contribution in [0.2, 0.25) is 0 Å². The van der Waals surface area contributed by atoms with Crippen LogP contribution in [0.5, 0.6) is 0 Å². The first-order valence-corrected chi connectivity index (χ1v) is 14.7. The lowest BCUT2D eigenvalue weighted by molar-refractivity contribution is -0.213. The van der Waals surface area contributed by atoms with Crippen molar-refractivity contribution in [2.75, 3.05) is 0 Å². The lowest BCUT2D eigenvalue weighted by atomic mass is 9.33. The van der Waals surface area contributed by atoms with E-state index < -0.39 is 5.97 Å². The number of fused-ring (bicyclic) bond motifs is 7. The Morgan fingerprint density at radius 1 is 0.917 bits per heavy atom. The van der Waals surface area contributed by atoms with E-state index in [9.17, 15) is 14.7 Å². The molecule has 5 rings (SSSR count). The van der Waals surface area contributed by atoms with Crippen LogP contribution < -0.4 is 0 Å². The van der Waals surface area contributed by atoms with E-state index in [1.807, 2.05) is 0 Å². The van der Waals surface area contributed by atoms with Crippen molar-refractivity contribution < 1.29 is 19.4 Å². The van der Waals surface area contributed by atoms with Gasteiger partial charge in [0.1, 0.15) is 6.10 Å². The van der Waals surface area contributed by atoms with Gasteiger partial charge in [0.25, 0.3) is 0 Å². The van der Waals surface area contributed by atoms with Crippen molar-refractivity contribution >= 4 is 11.9 Å².